The number of hydrogen-bond acceptors (Lipinski definition) is 4. The molecule has 1 atom stereocenters. The second-order valence-electron chi connectivity index (χ2n) is 5.47. The van der Waals surface area contributed by atoms with Gasteiger partial charge in [-0.15, -0.1) is 0 Å². The maximum atomic E-state index is 11.7. The lowest BCUT2D eigenvalue weighted by Crippen LogP contribution is -2.27. The number of fused-ring (bicyclic) bond motifs is 1. The predicted octanol–water partition coefficient (Wildman–Crippen LogP) is 3.33. The first kappa shape index (κ1) is 14.9. The number of hydrogen-bond donors (Lipinski definition) is 0. The van der Waals surface area contributed by atoms with Gasteiger partial charge in [0.05, 0.1) is 6.10 Å². The molecule has 1 saturated heterocycles. The number of esters is 1. The Balaban J connectivity index is 1.47. The van der Waals surface area contributed by atoms with E-state index in [4.69, 9.17) is 14.2 Å². The summed E-state index contributed by atoms with van der Waals surface area (Å²) in [5.41, 5.74) is 0. The zero-order valence-electron chi connectivity index (χ0n) is 12.5. The molecule has 1 aliphatic rings. The molecular formula is C18H20O4. The highest BCUT2D eigenvalue weighted by molar-refractivity contribution is 5.83. The van der Waals surface area contributed by atoms with Gasteiger partial charge < -0.3 is 14.2 Å². The average Bonchev–Trinajstić information content (AvgIpc) is 2.59. The van der Waals surface area contributed by atoms with Gasteiger partial charge in [-0.05, 0) is 42.2 Å². The molecule has 116 valence electrons. The number of benzene rings is 2. The van der Waals surface area contributed by atoms with E-state index in [2.05, 4.69) is 0 Å². The summed E-state index contributed by atoms with van der Waals surface area (Å²) in [5, 5.41) is 2.23. The van der Waals surface area contributed by atoms with Crippen molar-refractivity contribution < 1.29 is 19.0 Å². The van der Waals surface area contributed by atoms with Gasteiger partial charge in [0, 0.05) is 6.61 Å². The lowest BCUT2D eigenvalue weighted by Gasteiger charge is -2.22. The molecule has 3 rings (SSSR count). The minimum atomic E-state index is -0.359. The third kappa shape index (κ3) is 3.98. The van der Waals surface area contributed by atoms with Crippen LogP contribution in [0.25, 0.3) is 10.8 Å². The summed E-state index contributed by atoms with van der Waals surface area (Å²) in [7, 11) is 0. The van der Waals surface area contributed by atoms with Crippen LogP contribution in [-0.2, 0) is 14.3 Å². The van der Waals surface area contributed by atoms with Crippen LogP contribution in [0.1, 0.15) is 19.3 Å². The molecule has 0 bridgehead atoms. The Kier molecular flexibility index (Phi) is 4.91. The molecule has 0 amide bonds. The largest absolute Gasteiger partial charge is 0.482 e. The normalized spacial score (nSPS) is 18.1. The third-order valence-corrected chi connectivity index (χ3v) is 3.78. The van der Waals surface area contributed by atoms with Gasteiger partial charge >= 0.3 is 5.97 Å². The summed E-state index contributed by atoms with van der Waals surface area (Å²) in [6.07, 6.45) is 3.22. The quantitative estimate of drug-likeness (QED) is 0.795. The Hall–Kier alpha value is -2.07. The van der Waals surface area contributed by atoms with E-state index in [0.29, 0.717) is 12.4 Å². The summed E-state index contributed by atoms with van der Waals surface area (Å²) in [4.78, 5) is 11.7. The van der Waals surface area contributed by atoms with Crippen molar-refractivity contribution in [3.8, 4) is 5.75 Å². The minimum Gasteiger partial charge on any atom is -0.482 e. The van der Waals surface area contributed by atoms with Crippen LogP contribution in [0.4, 0.5) is 0 Å². The molecule has 1 aliphatic heterocycles. The van der Waals surface area contributed by atoms with E-state index in [1.165, 1.54) is 0 Å². The molecule has 0 N–H and O–H groups in total. The van der Waals surface area contributed by atoms with Crippen LogP contribution in [-0.4, -0.2) is 31.9 Å². The number of carbonyl (C=O) groups is 1. The minimum absolute atomic E-state index is 0.0402. The van der Waals surface area contributed by atoms with Crippen LogP contribution in [0.2, 0.25) is 0 Å². The summed E-state index contributed by atoms with van der Waals surface area (Å²) in [5.74, 6) is 0.312. The summed E-state index contributed by atoms with van der Waals surface area (Å²) < 4.78 is 16.2. The topological polar surface area (TPSA) is 44.8 Å². The lowest BCUT2D eigenvalue weighted by molar-refractivity contribution is -0.151. The van der Waals surface area contributed by atoms with Gasteiger partial charge in [-0.25, -0.2) is 4.79 Å². The molecule has 0 aromatic heterocycles. The summed E-state index contributed by atoms with van der Waals surface area (Å²) in [6, 6.07) is 13.8. The fourth-order valence-corrected chi connectivity index (χ4v) is 2.57. The molecule has 4 nitrogen and oxygen atoms in total. The fourth-order valence-electron chi connectivity index (χ4n) is 2.57. The molecule has 1 fully saturated rings. The third-order valence-electron chi connectivity index (χ3n) is 3.78. The van der Waals surface area contributed by atoms with E-state index in [1.807, 2.05) is 42.5 Å². The Labute approximate surface area is 130 Å². The number of rotatable bonds is 5. The zero-order valence-corrected chi connectivity index (χ0v) is 12.5. The summed E-state index contributed by atoms with van der Waals surface area (Å²) in [6.45, 7) is 1.00. The maximum Gasteiger partial charge on any atom is 0.344 e. The predicted molar refractivity (Wildman–Crippen MR) is 84.0 cm³/mol. The first-order valence-electron chi connectivity index (χ1n) is 7.70. The molecular weight excluding hydrogens is 280 g/mol. The first-order chi connectivity index (χ1) is 10.8. The van der Waals surface area contributed by atoms with E-state index in [1.54, 1.807) is 0 Å². The molecule has 0 radical (unpaired) electrons. The molecule has 22 heavy (non-hydrogen) atoms. The van der Waals surface area contributed by atoms with Gasteiger partial charge in [0.1, 0.15) is 12.4 Å². The van der Waals surface area contributed by atoms with Gasteiger partial charge in [0.2, 0.25) is 0 Å². The molecule has 0 spiro atoms. The highest BCUT2D eigenvalue weighted by Gasteiger charge is 2.16. The Morgan fingerprint density at radius 2 is 2.00 bits per heavy atom. The van der Waals surface area contributed by atoms with E-state index in [-0.39, 0.29) is 18.7 Å². The Bertz CT molecular complexity index is 632. The first-order valence-corrected chi connectivity index (χ1v) is 7.70. The number of carbonyl (C=O) groups excluding carboxylic acids is 1. The second kappa shape index (κ2) is 7.27. The fraction of sp³-hybridized carbons (Fsp3) is 0.389. The van der Waals surface area contributed by atoms with Crippen molar-refractivity contribution in [3.63, 3.8) is 0 Å². The van der Waals surface area contributed by atoms with Crippen LogP contribution < -0.4 is 4.74 Å². The van der Waals surface area contributed by atoms with Gasteiger partial charge in [0.15, 0.2) is 6.61 Å². The van der Waals surface area contributed by atoms with Crippen LogP contribution in [0.15, 0.2) is 42.5 Å². The highest BCUT2D eigenvalue weighted by atomic mass is 16.6. The van der Waals surface area contributed by atoms with Crippen LogP contribution in [0, 0.1) is 0 Å². The van der Waals surface area contributed by atoms with Gasteiger partial charge in [-0.3, -0.25) is 0 Å². The second-order valence-corrected chi connectivity index (χ2v) is 5.47. The standard InChI is InChI=1S/C18H20O4/c19-18(22-12-17-7-3-4-10-20-17)13-21-16-9-8-14-5-1-2-6-15(14)11-16/h1-2,5-6,8-9,11,17H,3-4,7,10,12-13H2. The molecule has 4 heteroatoms. The molecule has 0 saturated carbocycles. The van der Waals surface area contributed by atoms with Crippen molar-refractivity contribution in [2.24, 2.45) is 0 Å². The van der Waals surface area contributed by atoms with Gasteiger partial charge in [-0.1, -0.05) is 30.3 Å². The van der Waals surface area contributed by atoms with Crippen LogP contribution >= 0.6 is 0 Å². The number of ether oxygens (including phenoxy) is 3. The van der Waals surface area contributed by atoms with E-state index >= 15 is 0 Å². The molecule has 1 heterocycles. The van der Waals surface area contributed by atoms with Crippen LogP contribution in [0.5, 0.6) is 5.75 Å². The molecule has 2 aromatic carbocycles. The van der Waals surface area contributed by atoms with Crippen molar-refractivity contribution in [2.75, 3.05) is 19.8 Å². The van der Waals surface area contributed by atoms with E-state index in [0.717, 1.165) is 36.6 Å². The van der Waals surface area contributed by atoms with Crippen molar-refractivity contribution in [1.82, 2.24) is 0 Å². The zero-order chi connectivity index (χ0) is 15.2. The van der Waals surface area contributed by atoms with Crippen molar-refractivity contribution in [1.29, 1.82) is 0 Å². The SMILES string of the molecule is O=C(COc1ccc2ccccc2c1)OCC1CCCCO1. The van der Waals surface area contributed by atoms with E-state index in [9.17, 15) is 4.79 Å². The van der Waals surface area contributed by atoms with Gasteiger partial charge in [0.25, 0.3) is 0 Å². The Morgan fingerprint density at radius 3 is 2.82 bits per heavy atom. The van der Waals surface area contributed by atoms with Crippen molar-refractivity contribution >= 4 is 16.7 Å². The summed E-state index contributed by atoms with van der Waals surface area (Å²) >= 11 is 0. The maximum absolute atomic E-state index is 11.7. The van der Waals surface area contributed by atoms with Crippen LogP contribution in [0.3, 0.4) is 0 Å². The lowest BCUT2D eigenvalue weighted by atomic mass is 10.1. The monoisotopic (exact) mass is 300 g/mol. The molecule has 1 unspecified atom stereocenters. The Morgan fingerprint density at radius 1 is 1.14 bits per heavy atom. The smallest absolute Gasteiger partial charge is 0.344 e. The molecule has 0 aliphatic carbocycles. The average molecular weight is 300 g/mol. The van der Waals surface area contributed by atoms with Crippen molar-refractivity contribution in [2.45, 2.75) is 25.4 Å². The highest BCUT2D eigenvalue weighted by Crippen LogP contribution is 2.20. The van der Waals surface area contributed by atoms with E-state index < -0.39 is 0 Å². The van der Waals surface area contributed by atoms with Gasteiger partial charge in [-0.2, -0.15) is 0 Å². The van der Waals surface area contributed by atoms with Crippen molar-refractivity contribution in [3.05, 3.63) is 42.5 Å². The molecule has 2 aromatic rings.